The van der Waals surface area contributed by atoms with Crippen molar-refractivity contribution in [2.24, 2.45) is 0 Å². The van der Waals surface area contributed by atoms with E-state index in [0.717, 1.165) is 63.8 Å². The van der Waals surface area contributed by atoms with Gasteiger partial charge in [-0.2, -0.15) is 0 Å². The van der Waals surface area contributed by atoms with E-state index in [1.54, 1.807) is 23.1 Å². The predicted octanol–water partition coefficient (Wildman–Crippen LogP) is 5.61. The number of sulfonamides is 1. The molecule has 0 spiro atoms. The van der Waals surface area contributed by atoms with Gasteiger partial charge in [-0.25, -0.2) is 8.42 Å². The van der Waals surface area contributed by atoms with Gasteiger partial charge in [0, 0.05) is 23.5 Å². The maximum Gasteiger partial charge on any atom is 0.244 e. The first-order chi connectivity index (χ1) is 19.6. The van der Waals surface area contributed by atoms with Gasteiger partial charge in [0.15, 0.2) is 0 Å². The summed E-state index contributed by atoms with van der Waals surface area (Å²) in [6.07, 6.45) is 6.52. The summed E-state index contributed by atoms with van der Waals surface area (Å²) in [6.45, 7) is 1.61. The summed E-state index contributed by atoms with van der Waals surface area (Å²) in [5.41, 5.74) is 3.04. The van der Waals surface area contributed by atoms with Crippen LogP contribution in [0.25, 0.3) is 0 Å². The fraction of sp³-hybridized carbons (Fsp3) is 0.375. The SMILES string of the molecule is Cc1cccc(N(CC(=O)N(Cc2cccc(Br)c2)C(Cc2ccccc2)C(=O)NC2CCCCC2)S(C)(=O)=O)c1. The number of hydrogen-bond acceptors (Lipinski definition) is 4. The quantitative estimate of drug-likeness (QED) is 0.295. The van der Waals surface area contributed by atoms with Gasteiger partial charge in [-0.15, -0.1) is 0 Å². The minimum absolute atomic E-state index is 0.0668. The number of hydrogen-bond donors (Lipinski definition) is 1. The molecule has 4 rings (SSSR count). The van der Waals surface area contributed by atoms with E-state index in [1.165, 1.54) is 0 Å². The summed E-state index contributed by atoms with van der Waals surface area (Å²) in [5.74, 6) is -0.665. The molecule has 1 aliphatic carbocycles. The Morgan fingerprint density at radius 1 is 0.927 bits per heavy atom. The number of carbonyl (C=O) groups is 2. The monoisotopic (exact) mass is 639 g/mol. The third-order valence-corrected chi connectivity index (χ3v) is 9.07. The smallest absolute Gasteiger partial charge is 0.244 e. The van der Waals surface area contributed by atoms with Gasteiger partial charge < -0.3 is 10.2 Å². The largest absolute Gasteiger partial charge is 0.352 e. The number of halogens is 1. The van der Waals surface area contributed by atoms with Crippen LogP contribution >= 0.6 is 15.9 Å². The van der Waals surface area contributed by atoms with E-state index in [-0.39, 0.29) is 18.5 Å². The molecule has 1 unspecified atom stereocenters. The molecule has 1 aliphatic rings. The van der Waals surface area contributed by atoms with Crippen LogP contribution in [0.3, 0.4) is 0 Å². The van der Waals surface area contributed by atoms with E-state index in [4.69, 9.17) is 0 Å². The number of amides is 2. The Labute approximate surface area is 252 Å². The third-order valence-electron chi connectivity index (χ3n) is 7.43. The molecule has 0 heterocycles. The number of nitrogens with zero attached hydrogens (tertiary/aromatic N) is 2. The summed E-state index contributed by atoms with van der Waals surface area (Å²) in [7, 11) is -3.79. The van der Waals surface area contributed by atoms with Crippen molar-refractivity contribution >= 4 is 43.5 Å². The number of aryl methyl sites for hydroxylation is 1. The first-order valence-corrected chi connectivity index (χ1v) is 16.7. The standard InChI is InChI=1S/C32H38BrN3O4S/c1-24-11-9-18-29(19-24)36(41(2,39)40)23-31(37)35(22-26-14-10-15-27(33)20-26)30(21-25-12-5-3-6-13-25)32(38)34-28-16-7-4-8-17-28/h3,5-6,9-15,18-20,28,30H,4,7-8,16-17,21-23H2,1-2H3,(H,34,38). The van der Waals surface area contributed by atoms with Gasteiger partial charge in [0.05, 0.1) is 11.9 Å². The minimum Gasteiger partial charge on any atom is -0.352 e. The Bertz CT molecular complexity index is 1440. The van der Waals surface area contributed by atoms with Crippen LogP contribution in [-0.4, -0.2) is 50.0 Å². The fourth-order valence-electron chi connectivity index (χ4n) is 5.33. The minimum atomic E-state index is -3.79. The van der Waals surface area contributed by atoms with Crippen molar-refractivity contribution in [1.29, 1.82) is 0 Å². The lowest BCUT2D eigenvalue weighted by Crippen LogP contribution is -2.55. The van der Waals surface area contributed by atoms with Crippen molar-refractivity contribution in [2.45, 2.75) is 64.1 Å². The van der Waals surface area contributed by atoms with Gasteiger partial charge in [-0.05, 0) is 60.7 Å². The van der Waals surface area contributed by atoms with Crippen LogP contribution in [0.4, 0.5) is 5.69 Å². The van der Waals surface area contributed by atoms with E-state index in [1.807, 2.05) is 67.6 Å². The summed E-state index contributed by atoms with van der Waals surface area (Å²) >= 11 is 3.51. The van der Waals surface area contributed by atoms with Gasteiger partial charge >= 0.3 is 0 Å². The molecule has 218 valence electrons. The highest BCUT2D eigenvalue weighted by atomic mass is 79.9. The Kier molecular flexibility index (Phi) is 10.6. The lowest BCUT2D eigenvalue weighted by molar-refractivity contribution is -0.140. The molecule has 1 atom stereocenters. The van der Waals surface area contributed by atoms with Crippen molar-refractivity contribution in [3.8, 4) is 0 Å². The highest BCUT2D eigenvalue weighted by molar-refractivity contribution is 9.10. The molecule has 0 bridgehead atoms. The molecule has 41 heavy (non-hydrogen) atoms. The number of carbonyl (C=O) groups excluding carboxylic acids is 2. The summed E-state index contributed by atoms with van der Waals surface area (Å²) in [4.78, 5) is 29.7. The molecule has 2 amide bonds. The second-order valence-electron chi connectivity index (χ2n) is 10.8. The Morgan fingerprint density at radius 3 is 2.27 bits per heavy atom. The number of anilines is 1. The van der Waals surface area contributed by atoms with Crippen LogP contribution in [0.2, 0.25) is 0 Å². The molecule has 9 heteroatoms. The molecule has 0 aliphatic heterocycles. The van der Waals surface area contributed by atoms with E-state index in [9.17, 15) is 18.0 Å². The lowest BCUT2D eigenvalue weighted by Gasteiger charge is -2.35. The predicted molar refractivity (Wildman–Crippen MR) is 167 cm³/mol. The summed E-state index contributed by atoms with van der Waals surface area (Å²) in [6, 6.07) is 23.5. The van der Waals surface area contributed by atoms with Gasteiger partial charge in [0.2, 0.25) is 21.8 Å². The van der Waals surface area contributed by atoms with Gasteiger partial charge in [0.1, 0.15) is 12.6 Å². The van der Waals surface area contributed by atoms with Crippen molar-refractivity contribution in [1.82, 2.24) is 10.2 Å². The fourth-order valence-corrected chi connectivity index (χ4v) is 6.62. The second-order valence-corrected chi connectivity index (χ2v) is 13.6. The molecule has 0 aromatic heterocycles. The molecule has 7 nitrogen and oxygen atoms in total. The highest BCUT2D eigenvalue weighted by Gasteiger charge is 2.34. The van der Waals surface area contributed by atoms with Crippen LogP contribution in [0, 0.1) is 6.92 Å². The lowest BCUT2D eigenvalue weighted by atomic mass is 9.94. The molecular formula is C32H38BrN3O4S. The molecule has 0 radical (unpaired) electrons. The molecule has 0 saturated heterocycles. The zero-order valence-electron chi connectivity index (χ0n) is 23.6. The van der Waals surface area contributed by atoms with Crippen molar-refractivity contribution in [2.75, 3.05) is 17.1 Å². The van der Waals surface area contributed by atoms with Crippen molar-refractivity contribution < 1.29 is 18.0 Å². The van der Waals surface area contributed by atoms with Crippen LogP contribution < -0.4 is 9.62 Å². The summed E-state index contributed by atoms with van der Waals surface area (Å²) in [5, 5.41) is 3.22. The molecular weight excluding hydrogens is 602 g/mol. The Hall–Kier alpha value is -3.17. The summed E-state index contributed by atoms with van der Waals surface area (Å²) < 4.78 is 27.8. The Balaban J connectivity index is 1.72. The van der Waals surface area contributed by atoms with E-state index < -0.39 is 28.5 Å². The zero-order chi connectivity index (χ0) is 29.4. The first-order valence-electron chi connectivity index (χ1n) is 14.0. The average molecular weight is 641 g/mol. The van der Waals surface area contributed by atoms with Crippen LogP contribution in [0.5, 0.6) is 0 Å². The highest BCUT2D eigenvalue weighted by Crippen LogP contribution is 2.23. The number of rotatable bonds is 11. The molecule has 1 fully saturated rings. The molecule has 3 aromatic rings. The topological polar surface area (TPSA) is 86.8 Å². The molecule has 3 aromatic carbocycles. The van der Waals surface area contributed by atoms with E-state index in [2.05, 4.69) is 21.2 Å². The van der Waals surface area contributed by atoms with E-state index >= 15 is 0 Å². The van der Waals surface area contributed by atoms with Crippen LogP contribution in [-0.2, 0) is 32.6 Å². The maximum absolute atomic E-state index is 14.2. The van der Waals surface area contributed by atoms with Gasteiger partial charge in [0.25, 0.3) is 0 Å². The van der Waals surface area contributed by atoms with Crippen LogP contribution in [0.15, 0.2) is 83.3 Å². The molecule has 1 saturated carbocycles. The second kappa shape index (κ2) is 14.1. The number of nitrogens with one attached hydrogen (secondary N) is 1. The average Bonchev–Trinajstić information content (AvgIpc) is 2.94. The van der Waals surface area contributed by atoms with Crippen molar-refractivity contribution in [3.05, 3.63) is 100 Å². The third kappa shape index (κ3) is 8.91. The zero-order valence-corrected chi connectivity index (χ0v) is 26.0. The number of benzene rings is 3. The maximum atomic E-state index is 14.2. The first kappa shape index (κ1) is 30.8. The van der Waals surface area contributed by atoms with E-state index in [0.29, 0.717) is 12.1 Å². The van der Waals surface area contributed by atoms with Gasteiger partial charge in [-0.3, -0.25) is 13.9 Å². The van der Waals surface area contributed by atoms with Crippen LogP contribution in [0.1, 0.15) is 48.8 Å². The van der Waals surface area contributed by atoms with Crippen molar-refractivity contribution in [3.63, 3.8) is 0 Å². The normalized spacial score (nSPS) is 14.7. The Morgan fingerprint density at radius 2 is 1.61 bits per heavy atom. The molecule has 1 N–H and O–H groups in total. The van der Waals surface area contributed by atoms with Gasteiger partial charge in [-0.1, -0.05) is 89.8 Å².